The lowest BCUT2D eigenvalue weighted by Crippen LogP contribution is -2.37. The van der Waals surface area contributed by atoms with Crippen LogP contribution in [-0.2, 0) is 6.54 Å². The lowest BCUT2D eigenvalue weighted by molar-refractivity contribution is 0.278. The van der Waals surface area contributed by atoms with Gasteiger partial charge in [0.25, 0.3) is 0 Å². The number of benzene rings is 1. The van der Waals surface area contributed by atoms with Crippen LogP contribution < -0.4 is 5.32 Å². The third-order valence-electron chi connectivity index (χ3n) is 4.38. The fourth-order valence-electron chi connectivity index (χ4n) is 3.02. The van der Waals surface area contributed by atoms with E-state index in [0.29, 0.717) is 0 Å². The highest BCUT2D eigenvalue weighted by Crippen LogP contribution is 2.25. The minimum absolute atomic E-state index is 0.826. The second kappa shape index (κ2) is 9.17. The van der Waals surface area contributed by atoms with Crippen LogP contribution in [0.1, 0.15) is 12.0 Å². The number of para-hydroxylation sites is 1. The Labute approximate surface area is 159 Å². The van der Waals surface area contributed by atoms with Crippen LogP contribution >= 0.6 is 24.0 Å². The van der Waals surface area contributed by atoms with Gasteiger partial charge < -0.3 is 10.2 Å². The largest absolute Gasteiger partial charge is 0.348 e. The van der Waals surface area contributed by atoms with Crippen LogP contribution in [0.2, 0.25) is 0 Å². The summed E-state index contributed by atoms with van der Waals surface area (Å²) in [4.78, 5) is 10.1. The first kappa shape index (κ1) is 18.2. The molecule has 0 unspecified atom stereocenters. The first-order chi connectivity index (χ1) is 12.3. The summed E-state index contributed by atoms with van der Waals surface area (Å²) in [6.07, 6.45) is 6.94. The van der Waals surface area contributed by atoms with Crippen molar-refractivity contribution in [2.24, 2.45) is 0 Å². The molecule has 1 N–H and O–H groups in total. The van der Waals surface area contributed by atoms with Gasteiger partial charge in [-0.25, -0.2) is 0 Å². The third-order valence-corrected chi connectivity index (χ3v) is 5.54. The zero-order chi connectivity index (χ0) is 17.5. The van der Waals surface area contributed by atoms with Gasteiger partial charge in [-0.3, -0.25) is 9.88 Å². The molecule has 1 aliphatic rings. The van der Waals surface area contributed by atoms with Crippen LogP contribution in [0.5, 0.6) is 0 Å². The molecular formula is C19H24N4S2. The highest BCUT2D eigenvalue weighted by atomic mass is 32.2. The molecule has 1 aromatic heterocycles. The number of hydrogen-bond acceptors (Lipinski definition) is 4. The van der Waals surface area contributed by atoms with Crippen LogP contribution in [0.4, 0.5) is 5.69 Å². The summed E-state index contributed by atoms with van der Waals surface area (Å²) in [7, 11) is 0. The fraction of sp³-hybridized carbons (Fsp3) is 0.368. The molecule has 2 heterocycles. The molecule has 1 aromatic carbocycles. The Kier molecular flexibility index (Phi) is 6.67. The average molecular weight is 373 g/mol. The molecule has 3 rings (SSSR count). The maximum atomic E-state index is 5.67. The molecule has 132 valence electrons. The molecule has 0 saturated carbocycles. The van der Waals surface area contributed by atoms with E-state index < -0.39 is 0 Å². The summed E-state index contributed by atoms with van der Waals surface area (Å²) in [5.74, 6) is 0. The van der Waals surface area contributed by atoms with Gasteiger partial charge in [-0.2, -0.15) is 0 Å². The minimum atomic E-state index is 0.826. The fourth-order valence-corrected chi connectivity index (χ4v) is 3.87. The average Bonchev–Trinajstić information content (AvgIpc) is 2.89. The molecule has 25 heavy (non-hydrogen) atoms. The molecule has 0 bridgehead atoms. The Hall–Kier alpha value is -1.63. The Morgan fingerprint density at radius 3 is 2.72 bits per heavy atom. The van der Waals surface area contributed by atoms with E-state index in [1.807, 2.05) is 18.5 Å². The number of thiocarbonyl (C=S) groups is 1. The lowest BCUT2D eigenvalue weighted by Gasteiger charge is -2.25. The van der Waals surface area contributed by atoms with Gasteiger partial charge >= 0.3 is 0 Å². The summed E-state index contributed by atoms with van der Waals surface area (Å²) in [6.45, 7) is 5.06. The third kappa shape index (κ3) is 5.17. The van der Waals surface area contributed by atoms with Gasteiger partial charge in [-0.1, -0.05) is 12.1 Å². The molecule has 1 aliphatic heterocycles. The van der Waals surface area contributed by atoms with E-state index >= 15 is 0 Å². The van der Waals surface area contributed by atoms with Gasteiger partial charge in [0, 0.05) is 50.0 Å². The van der Waals surface area contributed by atoms with Gasteiger partial charge in [-0.15, -0.1) is 11.8 Å². The molecule has 0 spiro atoms. The minimum Gasteiger partial charge on any atom is -0.348 e. The first-order valence-corrected chi connectivity index (χ1v) is 10.2. The molecule has 1 fully saturated rings. The van der Waals surface area contributed by atoms with E-state index in [0.717, 1.165) is 49.9 Å². The second-order valence-electron chi connectivity index (χ2n) is 6.10. The number of rotatable bonds is 4. The summed E-state index contributed by atoms with van der Waals surface area (Å²) in [6, 6.07) is 12.5. The zero-order valence-corrected chi connectivity index (χ0v) is 16.2. The lowest BCUT2D eigenvalue weighted by atomic mass is 10.2. The first-order valence-electron chi connectivity index (χ1n) is 8.56. The molecule has 4 nitrogen and oxygen atoms in total. The van der Waals surface area contributed by atoms with Gasteiger partial charge in [0.05, 0.1) is 5.69 Å². The number of hydrogen-bond donors (Lipinski definition) is 1. The topological polar surface area (TPSA) is 31.4 Å². The van der Waals surface area contributed by atoms with Gasteiger partial charge in [0.2, 0.25) is 0 Å². The van der Waals surface area contributed by atoms with Crippen molar-refractivity contribution in [3.63, 3.8) is 0 Å². The van der Waals surface area contributed by atoms with E-state index in [1.54, 1.807) is 11.8 Å². The number of pyridine rings is 1. The monoisotopic (exact) mass is 372 g/mol. The van der Waals surface area contributed by atoms with E-state index in [1.165, 1.54) is 10.5 Å². The van der Waals surface area contributed by atoms with Crippen molar-refractivity contribution in [1.29, 1.82) is 0 Å². The van der Waals surface area contributed by atoms with E-state index in [2.05, 4.69) is 56.7 Å². The second-order valence-corrected chi connectivity index (χ2v) is 7.34. The standard InChI is InChI=1S/C19H24N4S2/c1-25-18-6-3-2-5-17(18)21-19(24)23-12-4-11-22(13-14-23)15-16-7-9-20-10-8-16/h2-3,5-10H,4,11-15H2,1H3,(H,21,24). The molecule has 0 atom stereocenters. The Morgan fingerprint density at radius 2 is 1.92 bits per heavy atom. The van der Waals surface area contributed by atoms with Crippen molar-refractivity contribution in [2.75, 3.05) is 37.8 Å². The molecule has 0 aliphatic carbocycles. The molecule has 2 aromatic rings. The van der Waals surface area contributed by atoms with Crippen LogP contribution in [0.3, 0.4) is 0 Å². The van der Waals surface area contributed by atoms with Crippen molar-refractivity contribution in [2.45, 2.75) is 17.9 Å². The van der Waals surface area contributed by atoms with Crippen molar-refractivity contribution in [1.82, 2.24) is 14.8 Å². The Balaban J connectivity index is 1.56. The summed E-state index contributed by atoms with van der Waals surface area (Å²) in [5, 5.41) is 4.26. The van der Waals surface area contributed by atoms with Crippen LogP contribution in [-0.4, -0.2) is 52.3 Å². The van der Waals surface area contributed by atoms with Crippen LogP contribution in [0.15, 0.2) is 53.7 Å². The van der Waals surface area contributed by atoms with Crippen molar-refractivity contribution >= 4 is 34.8 Å². The highest BCUT2D eigenvalue weighted by molar-refractivity contribution is 7.98. The molecular weight excluding hydrogens is 348 g/mol. The van der Waals surface area contributed by atoms with Gasteiger partial charge in [-0.05, 0) is 54.7 Å². The van der Waals surface area contributed by atoms with Crippen molar-refractivity contribution in [3.05, 3.63) is 54.4 Å². The number of aromatic nitrogens is 1. The van der Waals surface area contributed by atoms with Crippen molar-refractivity contribution in [3.8, 4) is 0 Å². The predicted octanol–water partition coefficient (Wildman–Crippen LogP) is 3.71. The van der Waals surface area contributed by atoms with Gasteiger partial charge in [0.15, 0.2) is 5.11 Å². The summed E-state index contributed by atoms with van der Waals surface area (Å²) in [5.41, 5.74) is 2.41. The Morgan fingerprint density at radius 1 is 1.12 bits per heavy atom. The summed E-state index contributed by atoms with van der Waals surface area (Å²) >= 11 is 7.41. The number of nitrogens with zero attached hydrogens (tertiary/aromatic N) is 3. The van der Waals surface area contributed by atoms with E-state index in [-0.39, 0.29) is 0 Å². The molecule has 6 heteroatoms. The molecule has 0 radical (unpaired) electrons. The van der Waals surface area contributed by atoms with Gasteiger partial charge in [0.1, 0.15) is 0 Å². The quantitative estimate of drug-likeness (QED) is 0.650. The molecule has 1 saturated heterocycles. The SMILES string of the molecule is CSc1ccccc1NC(=S)N1CCCN(Cc2ccncc2)CC1. The van der Waals surface area contributed by atoms with E-state index in [9.17, 15) is 0 Å². The van der Waals surface area contributed by atoms with E-state index in [4.69, 9.17) is 12.2 Å². The normalized spacial score (nSPS) is 15.6. The maximum Gasteiger partial charge on any atom is 0.173 e. The number of nitrogens with one attached hydrogen (secondary N) is 1. The van der Waals surface area contributed by atoms with Crippen molar-refractivity contribution < 1.29 is 0 Å². The highest BCUT2D eigenvalue weighted by Gasteiger charge is 2.17. The number of anilines is 1. The predicted molar refractivity (Wildman–Crippen MR) is 110 cm³/mol. The molecule has 0 amide bonds. The maximum absolute atomic E-state index is 5.67. The zero-order valence-electron chi connectivity index (χ0n) is 14.5. The van der Waals surface area contributed by atoms with Crippen LogP contribution in [0, 0.1) is 0 Å². The number of thioether (sulfide) groups is 1. The Bertz CT molecular complexity index is 693. The summed E-state index contributed by atoms with van der Waals surface area (Å²) < 4.78 is 0. The van der Waals surface area contributed by atoms with Crippen LogP contribution in [0.25, 0.3) is 0 Å². The smallest absolute Gasteiger partial charge is 0.173 e.